The van der Waals surface area contributed by atoms with Gasteiger partial charge in [-0.3, -0.25) is 4.57 Å². The number of rotatable bonds is 5. The number of ether oxygens (including phenoxy) is 1. The maximum atomic E-state index is 11.6. The minimum atomic E-state index is -4.88. The Labute approximate surface area is 107 Å². The summed E-state index contributed by atoms with van der Waals surface area (Å²) in [5.74, 6) is -0.0995. The molecule has 0 aromatic rings. The average Bonchev–Trinajstić information content (AvgIpc) is 2.39. The highest BCUT2D eigenvalue weighted by molar-refractivity contribution is 7.83. The van der Waals surface area contributed by atoms with Crippen LogP contribution in [0.3, 0.4) is 0 Å². The lowest BCUT2D eigenvalue weighted by atomic mass is 9.86. The van der Waals surface area contributed by atoms with E-state index in [1.807, 2.05) is 0 Å². The van der Waals surface area contributed by atoms with E-state index in [4.69, 9.17) is 19.0 Å². The smallest absolute Gasteiger partial charge is 0.390 e. The van der Waals surface area contributed by atoms with Crippen LogP contribution in [0.2, 0.25) is 0 Å². The van der Waals surface area contributed by atoms with E-state index in [0.29, 0.717) is 0 Å². The van der Waals surface area contributed by atoms with Crippen LogP contribution in [0.15, 0.2) is 0 Å². The maximum absolute atomic E-state index is 11.6. The largest absolute Gasteiger partial charge is 0.476 e. The van der Waals surface area contributed by atoms with Gasteiger partial charge < -0.3 is 24.2 Å². The molecule has 1 aliphatic heterocycles. The molecular weight excluding hydrogens is 284 g/mol. The molecule has 0 radical (unpaired) electrons. The Hall–Kier alpha value is 0.350. The zero-order valence-electron chi connectivity index (χ0n) is 10.3. The van der Waals surface area contributed by atoms with Crippen LogP contribution in [0.25, 0.3) is 0 Å². The monoisotopic (exact) mass is 300 g/mol. The molecule has 0 aromatic carbocycles. The summed E-state index contributed by atoms with van der Waals surface area (Å²) in [6.07, 6.45) is -1.47. The molecule has 1 aliphatic rings. The van der Waals surface area contributed by atoms with Crippen molar-refractivity contribution >= 4 is 30.7 Å². The summed E-state index contributed by atoms with van der Waals surface area (Å²) in [5, 5.41) is 9.77. The number of hydrogen-bond donors (Lipinski definition) is 3. The molecule has 1 saturated heterocycles. The number of aliphatic hydroxyl groups excluding tert-OH is 1. The van der Waals surface area contributed by atoms with Crippen LogP contribution in [0.4, 0.5) is 0 Å². The van der Waals surface area contributed by atoms with Gasteiger partial charge in [0.05, 0.1) is 12.7 Å². The molecule has 1 heterocycles. The third-order valence-corrected chi connectivity index (χ3v) is 5.43. The lowest BCUT2D eigenvalue weighted by molar-refractivity contribution is 0.000557. The van der Waals surface area contributed by atoms with Gasteiger partial charge in [0.1, 0.15) is 14.0 Å². The zero-order chi connectivity index (χ0) is 14.1. The molecule has 3 N–H and O–H groups in total. The number of phosphoric acid groups is 1. The van der Waals surface area contributed by atoms with Gasteiger partial charge in [-0.2, -0.15) is 0 Å². The van der Waals surface area contributed by atoms with Crippen molar-refractivity contribution in [2.75, 3.05) is 6.61 Å². The molecule has 0 aromatic heterocycles. The summed E-state index contributed by atoms with van der Waals surface area (Å²) < 4.78 is 36.3. The molecule has 5 atom stereocenters. The second-order valence-electron chi connectivity index (χ2n) is 4.37. The first-order valence-corrected chi connectivity index (χ1v) is 8.86. The van der Waals surface area contributed by atoms with Crippen LogP contribution >= 0.6 is 15.3 Å². The quantitative estimate of drug-likeness (QED) is 0.402. The molecule has 0 bridgehead atoms. The van der Waals surface area contributed by atoms with Crippen molar-refractivity contribution in [3.63, 3.8) is 0 Å². The van der Waals surface area contributed by atoms with Crippen molar-refractivity contribution in [3.05, 3.63) is 0 Å². The Kier molecular flexibility index (Phi) is 5.26. The van der Waals surface area contributed by atoms with Gasteiger partial charge in [0.2, 0.25) is 0 Å². The first-order valence-electron chi connectivity index (χ1n) is 5.34. The van der Waals surface area contributed by atoms with Gasteiger partial charge in [-0.25, -0.2) is 8.88 Å². The van der Waals surface area contributed by atoms with Gasteiger partial charge in [0, 0.05) is 11.9 Å². The first-order chi connectivity index (χ1) is 8.02. The standard InChI is InChI=1S/C6H16B2O8P2/c1-3-5(9)4(15-6(3)7)2-14-17(8,10)16-18(11,12)13/h3-6,9H,2,7-8H2,1H3,(H2,11,12,13)/t3-,4?,5+,6-,17?/m1/s1. The molecule has 0 saturated carbocycles. The lowest BCUT2D eigenvalue weighted by Gasteiger charge is -2.19. The molecule has 104 valence electrons. The fourth-order valence-electron chi connectivity index (χ4n) is 1.66. The van der Waals surface area contributed by atoms with Crippen molar-refractivity contribution in [3.8, 4) is 0 Å². The molecule has 18 heavy (non-hydrogen) atoms. The van der Waals surface area contributed by atoms with Crippen LogP contribution < -0.4 is 0 Å². The van der Waals surface area contributed by atoms with Crippen molar-refractivity contribution in [2.45, 2.75) is 25.1 Å². The fourth-order valence-corrected chi connectivity index (χ4v) is 3.81. The van der Waals surface area contributed by atoms with E-state index in [2.05, 4.69) is 4.31 Å². The van der Waals surface area contributed by atoms with Crippen molar-refractivity contribution in [1.82, 2.24) is 0 Å². The van der Waals surface area contributed by atoms with Crippen LogP contribution in [-0.2, 0) is 22.7 Å². The van der Waals surface area contributed by atoms with E-state index >= 15 is 0 Å². The van der Waals surface area contributed by atoms with Gasteiger partial charge >= 0.3 is 7.82 Å². The Balaban J connectivity index is 2.51. The Morgan fingerprint density at radius 2 is 1.94 bits per heavy atom. The molecular formula is C6H16B2O8P2. The molecule has 8 nitrogen and oxygen atoms in total. The third-order valence-electron chi connectivity index (χ3n) is 2.78. The molecule has 0 aliphatic carbocycles. The Morgan fingerprint density at radius 1 is 1.39 bits per heavy atom. The van der Waals surface area contributed by atoms with E-state index in [1.165, 1.54) is 0 Å². The van der Waals surface area contributed by atoms with Gasteiger partial charge in [-0.1, -0.05) is 6.92 Å². The second kappa shape index (κ2) is 5.77. The highest BCUT2D eigenvalue weighted by Crippen LogP contribution is 2.57. The van der Waals surface area contributed by atoms with Crippen LogP contribution in [0.5, 0.6) is 0 Å². The summed E-state index contributed by atoms with van der Waals surface area (Å²) in [7, 11) is -6.04. The maximum Gasteiger partial charge on any atom is 0.476 e. The summed E-state index contributed by atoms with van der Waals surface area (Å²) >= 11 is 0. The minimum absolute atomic E-state index is 0.0995. The van der Waals surface area contributed by atoms with Crippen LogP contribution in [-0.4, -0.2) is 55.1 Å². The van der Waals surface area contributed by atoms with Crippen molar-refractivity contribution in [2.24, 2.45) is 5.92 Å². The Morgan fingerprint density at radius 3 is 2.33 bits per heavy atom. The normalized spacial score (nSPS) is 36.4. The van der Waals surface area contributed by atoms with Crippen molar-refractivity contribution in [1.29, 1.82) is 0 Å². The zero-order valence-corrected chi connectivity index (χ0v) is 12.1. The number of aliphatic hydroxyl groups is 1. The topological polar surface area (TPSA) is 123 Å². The minimum Gasteiger partial charge on any atom is -0.390 e. The first kappa shape index (κ1) is 16.4. The summed E-state index contributed by atoms with van der Waals surface area (Å²) in [6.45, 7) is 1.54. The molecule has 1 fully saturated rings. The van der Waals surface area contributed by atoms with Gasteiger partial charge in [0.25, 0.3) is 15.0 Å². The van der Waals surface area contributed by atoms with Gasteiger partial charge in [0.15, 0.2) is 0 Å². The van der Waals surface area contributed by atoms with Crippen LogP contribution in [0, 0.1) is 5.92 Å². The van der Waals surface area contributed by atoms with E-state index in [0.717, 1.165) is 7.57 Å². The van der Waals surface area contributed by atoms with Crippen molar-refractivity contribution < 1.29 is 37.6 Å². The summed E-state index contributed by atoms with van der Waals surface area (Å²) in [4.78, 5) is 17.1. The Bertz CT molecular complexity index is 386. The second-order valence-corrected chi connectivity index (χ2v) is 7.80. The molecule has 0 spiro atoms. The van der Waals surface area contributed by atoms with E-state index in [9.17, 15) is 14.2 Å². The highest BCUT2D eigenvalue weighted by atomic mass is 31.3. The average molecular weight is 300 g/mol. The number of hydrogen-bond acceptors (Lipinski definition) is 6. The molecule has 1 rings (SSSR count). The summed E-state index contributed by atoms with van der Waals surface area (Å²) in [6, 6.07) is -0.174. The fraction of sp³-hybridized carbons (Fsp3) is 1.00. The third kappa shape index (κ3) is 4.79. The molecule has 0 amide bonds. The van der Waals surface area contributed by atoms with E-state index in [1.54, 1.807) is 14.8 Å². The van der Waals surface area contributed by atoms with Gasteiger partial charge in [-0.15, -0.1) is 0 Å². The van der Waals surface area contributed by atoms with Crippen LogP contribution in [0.1, 0.15) is 6.92 Å². The van der Waals surface area contributed by atoms with E-state index < -0.39 is 27.5 Å². The predicted molar refractivity (Wildman–Crippen MR) is 67.6 cm³/mol. The predicted octanol–water partition coefficient (Wildman–Crippen LogP) is -1.79. The summed E-state index contributed by atoms with van der Waals surface area (Å²) in [5.41, 5.74) is 0. The van der Waals surface area contributed by atoms with Gasteiger partial charge in [-0.05, 0) is 0 Å². The highest BCUT2D eigenvalue weighted by Gasteiger charge is 2.39. The molecule has 2 unspecified atom stereocenters. The SMILES string of the molecule is B[C@@H]1OC(COP(B)(=O)OP(=O)(O)O)[C@@H](O)[C@H]1C. The molecule has 12 heteroatoms. The lowest BCUT2D eigenvalue weighted by Crippen LogP contribution is -2.29. The van der Waals surface area contributed by atoms with E-state index in [-0.39, 0.29) is 18.5 Å².